The second kappa shape index (κ2) is 5.60. The number of amides is 1. The predicted molar refractivity (Wildman–Crippen MR) is 83.6 cm³/mol. The highest BCUT2D eigenvalue weighted by molar-refractivity contribution is 7.22. The number of piperidine rings is 1. The van der Waals surface area contributed by atoms with Crippen LogP contribution in [0.5, 0.6) is 0 Å². The highest BCUT2D eigenvalue weighted by Gasteiger charge is 2.35. The van der Waals surface area contributed by atoms with Crippen LogP contribution in [0.25, 0.3) is 10.2 Å². The van der Waals surface area contributed by atoms with Crippen molar-refractivity contribution < 1.29 is 9.18 Å². The molecule has 3 rings (SSSR count). The van der Waals surface area contributed by atoms with Crippen molar-refractivity contribution in [3.05, 3.63) is 24.3 Å². The molecule has 1 fully saturated rings. The van der Waals surface area contributed by atoms with Gasteiger partial charge in [-0.05, 0) is 12.1 Å². The third-order valence-electron chi connectivity index (χ3n) is 3.87. The first-order valence-electron chi connectivity index (χ1n) is 7.10. The van der Waals surface area contributed by atoms with Gasteiger partial charge < -0.3 is 10.2 Å². The highest BCUT2D eigenvalue weighted by Crippen LogP contribution is 2.33. The summed E-state index contributed by atoms with van der Waals surface area (Å²) in [6, 6.07) is 8.02. The van der Waals surface area contributed by atoms with E-state index in [1.165, 1.54) is 6.92 Å². The van der Waals surface area contributed by atoms with Crippen molar-refractivity contribution >= 4 is 32.6 Å². The standard InChI is InChI=1S/C15H18FN3OS/c1-11(20)17-10-15(16)6-8-19(9-7-15)14-18-12-4-2-3-5-13(12)21-14/h2-5H,6-10H2,1H3,(H,17,20). The molecule has 112 valence electrons. The number of thiazole rings is 1. The molecule has 2 aromatic rings. The molecule has 0 unspecified atom stereocenters. The van der Waals surface area contributed by atoms with Crippen molar-refractivity contribution in [3.8, 4) is 0 Å². The molecule has 0 saturated carbocycles. The average molecular weight is 307 g/mol. The Labute approximate surface area is 127 Å². The van der Waals surface area contributed by atoms with E-state index in [2.05, 4.69) is 21.3 Å². The van der Waals surface area contributed by atoms with Gasteiger partial charge in [0.05, 0.1) is 16.8 Å². The van der Waals surface area contributed by atoms with Crippen LogP contribution in [0.2, 0.25) is 0 Å². The fourth-order valence-electron chi connectivity index (χ4n) is 2.55. The van der Waals surface area contributed by atoms with E-state index in [-0.39, 0.29) is 12.5 Å². The quantitative estimate of drug-likeness (QED) is 0.948. The second-order valence-electron chi connectivity index (χ2n) is 5.51. The monoisotopic (exact) mass is 307 g/mol. The van der Waals surface area contributed by atoms with Crippen LogP contribution in [0.1, 0.15) is 19.8 Å². The van der Waals surface area contributed by atoms with E-state index in [4.69, 9.17) is 0 Å². The number of benzene rings is 1. The first-order chi connectivity index (χ1) is 10.1. The maximum absolute atomic E-state index is 14.6. The van der Waals surface area contributed by atoms with Crippen LogP contribution in [-0.4, -0.2) is 36.2 Å². The van der Waals surface area contributed by atoms with Crippen molar-refractivity contribution in [2.75, 3.05) is 24.5 Å². The van der Waals surface area contributed by atoms with Gasteiger partial charge in [0.1, 0.15) is 5.67 Å². The van der Waals surface area contributed by atoms with Gasteiger partial charge in [-0.2, -0.15) is 0 Å². The number of hydrogen-bond donors (Lipinski definition) is 1. The minimum Gasteiger partial charge on any atom is -0.353 e. The molecule has 1 aliphatic heterocycles. The Morgan fingerprint density at radius 3 is 2.81 bits per heavy atom. The van der Waals surface area contributed by atoms with Gasteiger partial charge in [0.2, 0.25) is 5.91 Å². The van der Waals surface area contributed by atoms with E-state index in [1.54, 1.807) is 11.3 Å². The minimum absolute atomic E-state index is 0.107. The van der Waals surface area contributed by atoms with E-state index in [0.29, 0.717) is 25.9 Å². The molecule has 0 radical (unpaired) electrons. The number of nitrogens with one attached hydrogen (secondary N) is 1. The van der Waals surface area contributed by atoms with Crippen LogP contribution in [0, 0.1) is 0 Å². The molecule has 0 bridgehead atoms. The highest BCUT2D eigenvalue weighted by atomic mass is 32.1. The summed E-state index contributed by atoms with van der Waals surface area (Å²) in [5.74, 6) is -0.180. The summed E-state index contributed by atoms with van der Waals surface area (Å²) in [7, 11) is 0. The maximum atomic E-state index is 14.6. The van der Waals surface area contributed by atoms with Crippen LogP contribution in [0.15, 0.2) is 24.3 Å². The number of anilines is 1. The van der Waals surface area contributed by atoms with Crippen LogP contribution in [-0.2, 0) is 4.79 Å². The lowest BCUT2D eigenvalue weighted by atomic mass is 9.93. The third-order valence-corrected chi connectivity index (χ3v) is 4.96. The summed E-state index contributed by atoms with van der Waals surface area (Å²) < 4.78 is 15.7. The van der Waals surface area contributed by atoms with E-state index in [0.717, 1.165) is 15.3 Å². The third kappa shape index (κ3) is 3.15. The second-order valence-corrected chi connectivity index (χ2v) is 6.52. The molecule has 1 N–H and O–H groups in total. The summed E-state index contributed by atoms with van der Waals surface area (Å²) in [6.45, 7) is 2.79. The lowest BCUT2D eigenvalue weighted by molar-refractivity contribution is -0.119. The van der Waals surface area contributed by atoms with Gasteiger partial charge in [-0.1, -0.05) is 23.5 Å². The summed E-state index contributed by atoms with van der Waals surface area (Å²) >= 11 is 1.64. The van der Waals surface area contributed by atoms with Crippen molar-refractivity contribution in [3.63, 3.8) is 0 Å². The van der Waals surface area contributed by atoms with Crippen LogP contribution in [0.3, 0.4) is 0 Å². The Bertz CT molecular complexity index is 616. The minimum atomic E-state index is -1.29. The van der Waals surface area contributed by atoms with Crippen molar-refractivity contribution in [2.45, 2.75) is 25.4 Å². The zero-order valence-corrected chi connectivity index (χ0v) is 12.8. The number of hydrogen-bond acceptors (Lipinski definition) is 4. The predicted octanol–water partition coefficient (Wildman–Crippen LogP) is 2.74. The van der Waals surface area contributed by atoms with Crippen LogP contribution in [0.4, 0.5) is 9.52 Å². The van der Waals surface area contributed by atoms with E-state index < -0.39 is 5.67 Å². The molecular weight excluding hydrogens is 289 g/mol. The summed E-state index contributed by atoms with van der Waals surface area (Å²) in [6.07, 6.45) is 0.840. The van der Waals surface area contributed by atoms with Gasteiger partial charge in [-0.25, -0.2) is 9.37 Å². The van der Waals surface area contributed by atoms with Gasteiger partial charge in [-0.15, -0.1) is 0 Å². The van der Waals surface area contributed by atoms with Gasteiger partial charge >= 0.3 is 0 Å². The molecule has 1 aliphatic rings. The molecule has 0 aliphatic carbocycles. The number of carbonyl (C=O) groups is 1. The molecule has 1 aromatic heterocycles. The molecule has 0 spiro atoms. The molecule has 1 aromatic carbocycles. The summed E-state index contributed by atoms with van der Waals surface area (Å²) in [4.78, 5) is 17.7. The van der Waals surface area contributed by atoms with Gasteiger partial charge in [0.25, 0.3) is 0 Å². The van der Waals surface area contributed by atoms with Gasteiger partial charge in [0.15, 0.2) is 5.13 Å². The number of alkyl halides is 1. The van der Waals surface area contributed by atoms with Crippen LogP contribution < -0.4 is 10.2 Å². The first kappa shape index (κ1) is 14.3. The van der Waals surface area contributed by atoms with Gasteiger partial charge in [0, 0.05) is 32.9 Å². The van der Waals surface area contributed by atoms with E-state index in [1.807, 2.05) is 18.2 Å². The van der Waals surface area contributed by atoms with Crippen molar-refractivity contribution in [1.82, 2.24) is 10.3 Å². The number of fused-ring (bicyclic) bond motifs is 1. The molecule has 4 nitrogen and oxygen atoms in total. The fourth-order valence-corrected chi connectivity index (χ4v) is 3.57. The average Bonchev–Trinajstić information content (AvgIpc) is 2.90. The number of carbonyl (C=O) groups excluding carboxylic acids is 1. The summed E-state index contributed by atoms with van der Waals surface area (Å²) in [5.41, 5.74) is -0.299. The van der Waals surface area contributed by atoms with Crippen LogP contribution >= 0.6 is 11.3 Å². The Morgan fingerprint density at radius 2 is 2.14 bits per heavy atom. The number of aromatic nitrogens is 1. The Balaban J connectivity index is 1.66. The topological polar surface area (TPSA) is 45.2 Å². The SMILES string of the molecule is CC(=O)NCC1(F)CCN(c2nc3ccccc3s2)CC1. The molecule has 1 amide bonds. The Morgan fingerprint density at radius 1 is 1.43 bits per heavy atom. The smallest absolute Gasteiger partial charge is 0.216 e. The van der Waals surface area contributed by atoms with Crippen molar-refractivity contribution in [1.29, 1.82) is 0 Å². The molecule has 1 saturated heterocycles. The van der Waals surface area contributed by atoms with E-state index in [9.17, 15) is 9.18 Å². The maximum Gasteiger partial charge on any atom is 0.216 e. The van der Waals surface area contributed by atoms with Crippen molar-refractivity contribution in [2.24, 2.45) is 0 Å². The number of rotatable bonds is 3. The first-order valence-corrected chi connectivity index (χ1v) is 7.91. The summed E-state index contributed by atoms with van der Waals surface area (Å²) in [5, 5.41) is 3.54. The number of para-hydroxylation sites is 1. The normalized spacial score (nSPS) is 17.9. The Hall–Kier alpha value is -1.69. The molecular formula is C15H18FN3OS. The number of halogens is 1. The van der Waals surface area contributed by atoms with Gasteiger partial charge in [-0.3, -0.25) is 4.79 Å². The molecule has 21 heavy (non-hydrogen) atoms. The van der Waals surface area contributed by atoms with E-state index >= 15 is 0 Å². The fraction of sp³-hybridized carbons (Fsp3) is 0.467. The molecule has 6 heteroatoms. The number of nitrogens with zero attached hydrogens (tertiary/aromatic N) is 2. The molecule has 2 heterocycles. The molecule has 0 atom stereocenters. The Kier molecular flexibility index (Phi) is 3.80. The zero-order chi connectivity index (χ0) is 14.9. The lowest BCUT2D eigenvalue weighted by Gasteiger charge is -2.36. The zero-order valence-electron chi connectivity index (χ0n) is 11.9. The largest absolute Gasteiger partial charge is 0.353 e. The lowest BCUT2D eigenvalue weighted by Crippen LogP contribution is -2.48.